The summed E-state index contributed by atoms with van der Waals surface area (Å²) in [6.07, 6.45) is 1.69. The lowest BCUT2D eigenvalue weighted by molar-refractivity contribution is 0.599. The highest BCUT2D eigenvalue weighted by Crippen LogP contribution is 2.23. The summed E-state index contributed by atoms with van der Waals surface area (Å²) in [7, 11) is -8.09. The van der Waals surface area contributed by atoms with Crippen molar-refractivity contribution < 1.29 is 16.8 Å². The number of benzene rings is 3. The number of hydrogen-bond donors (Lipinski definition) is 4. The number of nitrogen functional groups attached to an aromatic ring is 2. The predicted molar refractivity (Wildman–Crippen MR) is 135 cm³/mol. The molecule has 4 rings (SSSR count). The molecule has 35 heavy (non-hydrogen) atoms. The van der Waals surface area contributed by atoms with Crippen molar-refractivity contribution in [1.82, 2.24) is 9.97 Å². The third-order valence-corrected chi connectivity index (χ3v) is 7.64. The summed E-state index contributed by atoms with van der Waals surface area (Å²) in [5, 5.41) is 0. The van der Waals surface area contributed by atoms with Crippen molar-refractivity contribution in [2.45, 2.75) is 16.2 Å². The maximum absolute atomic E-state index is 13.0. The van der Waals surface area contributed by atoms with E-state index in [0.717, 1.165) is 5.56 Å². The normalized spacial score (nSPS) is 11.7. The number of sulfonamides is 2. The Balaban J connectivity index is 1.70. The first-order valence-electron chi connectivity index (χ1n) is 10.3. The first-order chi connectivity index (χ1) is 16.6. The molecule has 0 aliphatic rings. The molecule has 1 heterocycles. The minimum absolute atomic E-state index is 0.0278. The first kappa shape index (κ1) is 24.0. The van der Waals surface area contributed by atoms with Gasteiger partial charge in [-0.15, -0.1) is 0 Å². The van der Waals surface area contributed by atoms with Crippen molar-refractivity contribution in [2.24, 2.45) is 0 Å². The van der Waals surface area contributed by atoms with Gasteiger partial charge < -0.3 is 11.5 Å². The summed E-state index contributed by atoms with van der Waals surface area (Å²) in [5.41, 5.74) is 13.4. The molecule has 0 saturated heterocycles. The maximum atomic E-state index is 13.0. The van der Waals surface area contributed by atoms with Crippen molar-refractivity contribution in [1.29, 1.82) is 0 Å². The Morgan fingerprint density at radius 3 is 1.74 bits per heavy atom. The largest absolute Gasteiger partial charge is 0.399 e. The van der Waals surface area contributed by atoms with E-state index in [9.17, 15) is 16.8 Å². The topological polar surface area (TPSA) is 170 Å². The Kier molecular flexibility index (Phi) is 6.58. The van der Waals surface area contributed by atoms with Crippen LogP contribution in [0, 0.1) is 0 Å². The first-order valence-corrected chi connectivity index (χ1v) is 13.3. The van der Waals surface area contributed by atoms with Gasteiger partial charge in [0.05, 0.1) is 9.79 Å². The fourth-order valence-electron chi connectivity index (χ4n) is 3.15. The minimum Gasteiger partial charge on any atom is -0.399 e. The van der Waals surface area contributed by atoms with Crippen LogP contribution < -0.4 is 20.9 Å². The summed E-state index contributed by atoms with van der Waals surface area (Å²) in [6.45, 7) is 0. The van der Waals surface area contributed by atoms with Gasteiger partial charge in [-0.05, 0) is 54.1 Å². The predicted octanol–water partition coefficient (Wildman–Crippen LogP) is 2.83. The number of nitrogens with two attached hydrogens (primary N) is 2. The van der Waals surface area contributed by atoms with Crippen LogP contribution in [-0.2, 0) is 26.5 Å². The third-order valence-electron chi connectivity index (χ3n) is 4.94. The number of aromatic nitrogens is 2. The SMILES string of the molecule is Nc1ccc(S(=O)(=O)Nc2ncc(Cc3ccccc3)c(NS(=O)(=O)c3ccc(N)cc3)n2)cc1. The van der Waals surface area contributed by atoms with Gasteiger partial charge in [-0.2, -0.15) is 4.98 Å². The van der Waals surface area contributed by atoms with Crippen molar-refractivity contribution in [3.63, 3.8) is 0 Å². The summed E-state index contributed by atoms with van der Waals surface area (Å²) < 4.78 is 56.2. The average molecular weight is 511 g/mol. The van der Waals surface area contributed by atoms with E-state index in [1.165, 1.54) is 54.7 Å². The molecule has 0 radical (unpaired) electrons. The second-order valence-electron chi connectivity index (χ2n) is 7.58. The van der Waals surface area contributed by atoms with Crippen molar-refractivity contribution in [2.75, 3.05) is 20.9 Å². The number of anilines is 4. The molecule has 0 bridgehead atoms. The highest BCUT2D eigenvalue weighted by Gasteiger charge is 2.21. The molecule has 180 valence electrons. The van der Waals surface area contributed by atoms with Crippen LogP contribution in [0.2, 0.25) is 0 Å². The van der Waals surface area contributed by atoms with E-state index in [4.69, 9.17) is 11.5 Å². The Bertz CT molecular complexity index is 1540. The van der Waals surface area contributed by atoms with Gasteiger partial charge in [-0.3, -0.25) is 4.72 Å². The highest BCUT2D eigenvalue weighted by molar-refractivity contribution is 7.93. The Morgan fingerprint density at radius 1 is 0.686 bits per heavy atom. The molecule has 4 aromatic rings. The fraction of sp³-hybridized carbons (Fsp3) is 0.0435. The number of hydrogen-bond acceptors (Lipinski definition) is 8. The molecule has 10 nitrogen and oxygen atoms in total. The van der Waals surface area contributed by atoms with Gasteiger partial charge in [-0.1, -0.05) is 30.3 Å². The molecule has 0 amide bonds. The van der Waals surface area contributed by atoms with Gasteiger partial charge in [0.1, 0.15) is 5.82 Å². The lowest BCUT2D eigenvalue weighted by Gasteiger charge is -2.14. The van der Waals surface area contributed by atoms with Gasteiger partial charge in [0.2, 0.25) is 5.95 Å². The molecule has 0 aliphatic carbocycles. The molecule has 0 aliphatic heterocycles. The molecular weight excluding hydrogens is 488 g/mol. The number of rotatable bonds is 8. The molecule has 0 saturated carbocycles. The number of nitrogens with one attached hydrogen (secondary N) is 2. The lowest BCUT2D eigenvalue weighted by Crippen LogP contribution is -2.19. The smallest absolute Gasteiger partial charge is 0.264 e. The van der Waals surface area contributed by atoms with Crippen LogP contribution in [-0.4, -0.2) is 26.8 Å². The maximum Gasteiger partial charge on any atom is 0.264 e. The van der Waals surface area contributed by atoms with Crippen molar-refractivity contribution >= 4 is 43.2 Å². The summed E-state index contributed by atoms with van der Waals surface area (Å²) >= 11 is 0. The van der Waals surface area contributed by atoms with Gasteiger partial charge in [0.25, 0.3) is 20.0 Å². The van der Waals surface area contributed by atoms with Crippen LogP contribution in [0.3, 0.4) is 0 Å². The third kappa shape index (κ3) is 5.86. The van der Waals surface area contributed by atoms with Crippen LogP contribution in [0.25, 0.3) is 0 Å². The lowest BCUT2D eigenvalue weighted by atomic mass is 10.1. The quantitative estimate of drug-likeness (QED) is 0.262. The van der Waals surface area contributed by atoms with E-state index in [-0.39, 0.29) is 21.6 Å². The molecule has 0 unspecified atom stereocenters. The zero-order valence-electron chi connectivity index (χ0n) is 18.3. The standard InChI is InChI=1S/C23H22N6O4S2/c24-18-6-10-20(11-7-18)34(30,31)28-22-17(14-16-4-2-1-3-5-16)15-26-23(27-22)29-35(32,33)21-12-8-19(25)9-13-21/h1-13,15H,14,24-25H2,(H2,26,27,28,29). The monoisotopic (exact) mass is 510 g/mol. The van der Waals surface area contributed by atoms with Crippen LogP contribution >= 0.6 is 0 Å². The molecule has 3 aromatic carbocycles. The van der Waals surface area contributed by atoms with E-state index in [2.05, 4.69) is 19.4 Å². The van der Waals surface area contributed by atoms with Gasteiger partial charge in [-0.25, -0.2) is 26.5 Å². The van der Waals surface area contributed by atoms with Crippen molar-refractivity contribution in [3.8, 4) is 0 Å². The second-order valence-corrected chi connectivity index (χ2v) is 10.9. The van der Waals surface area contributed by atoms with E-state index < -0.39 is 20.0 Å². The highest BCUT2D eigenvalue weighted by atomic mass is 32.2. The molecule has 1 aromatic heterocycles. The molecule has 6 N–H and O–H groups in total. The zero-order valence-corrected chi connectivity index (χ0v) is 19.9. The fourth-order valence-corrected chi connectivity index (χ4v) is 5.14. The van der Waals surface area contributed by atoms with Gasteiger partial charge in [0, 0.05) is 29.6 Å². The van der Waals surface area contributed by atoms with E-state index in [1.807, 2.05) is 30.3 Å². The Labute approximate surface area is 203 Å². The van der Waals surface area contributed by atoms with Crippen LogP contribution in [0.4, 0.5) is 23.1 Å². The van der Waals surface area contributed by atoms with Crippen LogP contribution in [0.1, 0.15) is 11.1 Å². The number of nitrogens with zero attached hydrogens (tertiary/aromatic N) is 2. The summed E-state index contributed by atoms with van der Waals surface area (Å²) in [4.78, 5) is 8.21. The van der Waals surface area contributed by atoms with Gasteiger partial charge in [0.15, 0.2) is 0 Å². The van der Waals surface area contributed by atoms with E-state index >= 15 is 0 Å². The zero-order chi connectivity index (χ0) is 25.1. The summed E-state index contributed by atoms with van der Waals surface area (Å²) in [5.74, 6) is -0.357. The molecule has 0 spiro atoms. The minimum atomic E-state index is -4.05. The molecule has 0 fully saturated rings. The van der Waals surface area contributed by atoms with Crippen molar-refractivity contribution in [3.05, 3.63) is 96.2 Å². The molecular formula is C23H22N6O4S2. The molecule has 0 atom stereocenters. The Morgan fingerprint density at radius 2 is 1.20 bits per heavy atom. The van der Waals surface area contributed by atoms with Gasteiger partial charge >= 0.3 is 0 Å². The molecule has 12 heteroatoms. The van der Waals surface area contributed by atoms with Crippen LogP contribution in [0.5, 0.6) is 0 Å². The second kappa shape index (κ2) is 9.60. The Hall–Kier alpha value is -4.16. The average Bonchev–Trinajstić information content (AvgIpc) is 2.81. The van der Waals surface area contributed by atoms with E-state index in [0.29, 0.717) is 23.4 Å². The summed E-state index contributed by atoms with van der Waals surface area (Å²) in [6, 6.07) is 20.5. The van der Waals surface area contributed by atoms with Crippen LogP contribution in [0.15, 0.2) is 94.9 Å². The van der Waals surface area contributed by atoms with E-state index in [1.54, 1.807) is 0 Å².